The van der Waals surface area contributed by atoms with Crippen molar-refractivity contribution in [1.29, 1.82) is 0 Å². The van der Waals surface area contributed by atoms with Crippen molar-refractivity contribution >= 4 is 23.4 Å². The van der Waals surface area contributed by atoms with Gasteiger partial charge in [-0.05, 0) is 30.9 Å². The number of rotatable bonds is 3. The number of imide groups is 1. The lowest BCUT2D eigenvalue weighted by Gasteiger charge is -2.35. The molecule has 0 bridgehead atoms. The summed E-state index contributed by atoms with van der Waals surface area (Å²) in [5, 5.41) is 10.7. The van der Waals surface area contributed by atoms with E-state index in [4.69, 9.17) is 4.74 Å². The number of carbonyl (C=O) groups is 2. The van der Waals surface area contributed by atoms with Gasteiger partial charge in [-0.15, -0.1) is 0 Å². The fourth-order valence-electron chi connectivity index (χ4n) is 3.33. The second-order valence-corrected chi connectivity index (χ2v) is 6.03. The summed E-state index contributed by atoms with van der Waals surface area (Å²) in [5.74, 6) is -0.0543. The summed E-state index contributed by atoms with van der Waals surface area (Å²) >= 11 is 0. The molecule has 1 aromatic carbocycles. The fourth-order valence-corrected chi connectivity index (χ4v) is 3.33. The second kappa shape index (κ2) is 6.36. The van der Waals surface area contributed by atoms with Gasteiger partial charge < -0.3 is 4.74 Å². The largest absolute Gasteiger partial charge is 0.445 e. The number of hydrogen-bond acceptors (Lipinski definition) is 5. The van der Waals surface area contributed by atoms with Crippen LogP contribution in [0.4, 0.5) is 16.2 Å². The number of cyclic esters (lactones) is 1. The molecule has 1 saturated heterocycles. The molecule has 1 heterocycles. The van der Waals surface area contributed by atoms with E-state index in [0.717, 1.165) is 30.6 Å². The standard InChI is InChI=1S/C16H18N2O5/c19-15-10-14(11-4-2-1-3-5-11)23-16(20)17(15)12-6-8-13(9-7-12)18(21)22/h6-9,11,14H,1-5,10H2. The van der Waals surface area contributed by atoms with E-state index in [0.29, 0.717) is 5.69 Å². The van der Waals surface area contributed by atoms with Gasteiger partial charge in [-0.3, -0.25) is 14.9 Å². The third-order valence-corrected chi connectivity index (χ3v) is 4.55. The molecule has 7 heteroatoms. The highest BCUT2D eigenvalue weighted by Gasteiger charge is 2.39. The average molecular weight is 318 g/mol. The van der Waals surface area contributed by atoms with Crippen LogP contribution in [0.1, 0.15) is 38.5 Å². The summed E-state index contributed by atoms with van der Waals surface area (Å²) in [7, 11) is 0. The maximum atomic E-state index is 12.4. The molecule has 23 heavy (non-hydrogen) atoms. The molecule has 0 aromatic heterocycles. The number of ether oxygens (including phenoxy) is 1. The molecule has 1 aromatic rings. The number of benzene rings is 1. The molecule has 122 valence electrons. The number of carbonyl (C=O) groups excluding carboxylic acids is 2. The monoisotopic (exact) mass is 318 g/mol. The Morgan fingerprint density at radius 2 is 1.74 bits per heavy atom. The molecule has 1 unspecified atom stereocenters. The third-order valence-electron chi connectivity index (χ3n) is 4.55. The van der Waals surface area contributed by atoms with E-state index >= 15 is 0 Å². The van der Waals surface area contributed by atoms with Crippen molar-refractivity contribution in [3.8, 4) is 0 Å². The van der Waals surface area contributed by atoms with Crippen molar-refractivity contribution in [3.63, 3.8) is 0 Å². The Kier molecular flexibility index (Phi) is 4.27. The minimum absolute atomic E-state index is 0.0911. The van der Waals surface area contributed by atoms with Gasteiger partial charge in [0.1, 0.15) is 6.10 Å². The summed E-state index contributed by atoms with van der Waals surface area (Å²) in [6.45, 7) is 0. The molecular weight excluding hydrogens is 300 g/mol. The van der Waals surface area contributed by atoms with Crippen LogP contribution in [0.25, 0.3) is 0 Å². The molecular formula is C16H18N2O5. The number of nitro benzene ring substituents is 1. The Balaban J connectivity index is 1.73. The molecule has 0 N–H and O–H groups in total. The summed E-state index contributed by atoms with van der Waals surface area (Å²) in [4.78, 5) is 35.7. The van der Waals surface area contributed by atoms with E-state index in [2.05, 4.69) is 0 Å². The molecule has 2 aliphatic rings. The number of non-ortho nitro benzene ring substituents is 1. The van der Waals surface area contributed by atoms with Gasteiger partial charge in [-0.2, -0.15) is 0 Å². The molecule has 0 radical (unpaired) electrons. The molecule has 7 nitrogen and oxygen atoms in total. The van der Waals surface area contributed by atoms with E-state index in [1.807, 2.05) is 0 Å². The van der Waals surface area contributed by atoms with Gasteiger partial charge in [0.15, 0.2) is 0 Å². The summed E-state index contributed by atoms with van der Waals surface area (Å²) < 4.78 is 5.47. The summed E-state index contributed by atoms with van der Waals surface area (Å²) in [6, 6.07) is 5.31. The molecule has 1 atom stereocenters. The first kappa shape index (κ1) is 15.5. The average Bonchev–Trinajstić information content (AvgIpc) is 2.55. The number of hydrogen-bond donors (Lipinski definition) is 0. The highest BCUT2D eigenvalue weighted by molar-refractivity contribution is 6.13. The highest BCUT2D eigenvalue weighted by Crippen LogP contribution is 2.33. The van der Waals surface area contributed by atoms with Crippen LogP contribution < -0.4 is 4.90 Å². The Labute approximate surface area is 133 Å². The Morgan fingerprint density at radius 3 is 2.30 bits per heavy atom. The SMILES string of the molecule is O=C1CC(C2CCCCC2)OC(=O)N1c1ccc([N+](=O)[O-])cc1. The fraction of sp³-hybridized carbons (Fsp3) is 0.500. The van der Waals surface area contributed by atoms with Crippen LogP contribution in [0.15, 0.2) is 24.3 Å². The maximum Gasteiger partial charge on any atom is 0.421 e. The first-order valence-electron chi connectivity index (χ1n) is 7.84. The lowest BCUT2D eigenvalue weighted by molar-refractivity contribution is -0.384. The molecule has 1 aliphatic heterocycles. The van der Waals surface area contributed by atoms with Crippen LogP contribution in [0, 0.1) is 16.0 Å². The van der Waals surface area contributed by atoms with Crippen molar-refractivity contribution in [2.45, 2.75) is 44.6 Å². The van der Waals surface area contributed by atoms with E-state index in [-0.39, 0.29) is 30.0 Å². The summed E-state index contributed by atoms with van der Waals surface area (Å²) in [5.41, 5.74) is 0.208. The minimum Gasteiger partial charge on any atom is -0.445 e. The third kappa shape index (κ3) is 3.18. The van der Waals surface area contributed by atoms with Gasteiger partial charge in [0.05, 0.1) is 17.0 Å². The van der Waals surface area contributed by atoms with E-state index in [1.54, 1.807) is 0 Å². The molecule has 0 spiro atoms. The Bertz CT molecular complexity index is 604. The van der Waals surface area contributed by atoms with Gasteiger partial charge in [-0.25, -0.2) is 9.69 Å². The van der Waals surface area contributed by atoms with Crippen LogP contribution in [-0.2, 0) is 9.53 Å². The minimum atomic E-state index is -0.689. The number of nitrogens with zero attached hydrogens (tertiary/aromatic N) is 2. The lowest BCUT2D eigenvalue weighted by Crippen LogP contribution is -2.48. The molecule has 2 amide bonds. The van der Waals surface area contributed by atoms with Gasteiger partial charge in [0.2, 0.25) is 5.91 Å². The smallest absolute Gasteiger partial charge is 0.421 e. The predicted octanol–water partition coefficient (Wildman–Crippen LogP) is 3.42. The van der Waals surface area contributed by atoms with Crippen LogP contribution in [0.5, 0.6) is 0 Å². The zero-order chi connectivity index (χ0) is 16.4. The van der Waals surface area contributed by atoms with E-state index < -0.39 is 11.0 Å². The summed E-state index contributed by atoms with van der Waals surface area (Å²) in [6.07, 6.45) is 4.53. The van der Waals surface area contributed by atoms with Crippen molar-refractivity contribution in [1.82, 2.24) is 0 Å². The first-order chi connectivity index (χ1) is 11.1. The van der Waals surface area contributed by atoms with E-state index in [1.165, 1.54) is 30.7 Å². The lowest BCUT2D eigenvalue weighted by atomic mass is 9.83. The van der Waals surface area contributed by atoms with Crippen molar-refractivity contribution in [2.75, 3.05) is 4.90 Å². The van der Waals surface area contributed by atoms with Crippen LogP contribution in [0.2, 0.25) is 0 Å². The van der Waals surface area contributed by atoms with E-state index in [9.17, 15) is 19.7 Å². The number of amides is 2. The zero-order valence-electron chi connectivity index (χ0n) is 12.6. The zero-order valence-corrected chi connectivity index (χ0v) is 12.6. The number of nitro groups is 1. The van der Waals surface area contributed by atoms with Crippen LogP contribution in [0.3, 0.4) is 0 Å². The predicted molar refractivity (Wildman–Crippen MR) is 82.0 cm³/mol. The van der Waals surface area contributed by atoms with Gasteiger partial charge in [-0.1, -0.05) is 19.3 Å². The maximum absolute atomic E-state index is 12.4. The van der Waals surface area contributed by atoms with Gasteiger partial charge in [0, 0.05) is 12.1 Å². The number of anilines is 1. The molecule has 1 aliphatic carbocycles. The normalized spacial score (nSPS) is 22.8. The first-order valence-corrected chi connectivity index (χ1v) is 7.84. The molecule has 3 rings (SSSR count). The van der Waals surface area contributed by atoms with Crippen LogP contribution in [-0.4, -0.2) is 23.0 Å². The Hall–Kier alpha value is -2.44. The van der Waals surface area contributed by atoms with Crippen molar-refractivity contribution in [3.05, 3.63) is 34.4 Å². The Morgan fingerprint density at radius 1 is 1.09 bits per heavy atom. The molecule has 2 fully saturated rings. The highest BCUT2D eigenvalue weighted by atomic mass is 16.6. The topological polar surface area (TPSA) is 89.8 Å². The second-order valence-electron chi connectivity index (χ2n) is 6.03. The van der Waals surface area contributed by atoms with Gasteiger partial charge in [0.25, 0.3) is 5.69 Å². The van der Waals surface area contributed by atoms with Gasteiger partial charge >= 0.3 is 6.09 Å². The van der Waals surface area contributed by atoms with Crippen LogP contribution >= 0.6 is 0 Å². The quantitative estimate of drug-likeness (QED) is 0.629. The molecule has 1 saturated carbocycles. The van der Waals surface area contributed by atoms with Crippen molar-refractivity contribution in [2.24, 2.45) is 5.92 Å². The van der Waals surface area contributed by atoms with Crippen molar-refractivity contribution < 1.29 is 19.2 Å².